The van der Waals surface area contributed by atoms with E-state index < -0.39 is 29.1 Å². The van der Waals surface area contributed by atoms with Gasteiger partial charge in [0.2, 0.25) is 0 Å². The van der Waals surface area contributed by atoms with Crippen molar-refractivity contribution in [2.45, 2.75) is 70.4 Å². The Labute approximate surface area is 228 Å². The van der Waals surface area contributed by atoms with Crippen LogP contribution in [0, 0.1) is 11.6 Å². The van der Waals surface area contributed by atoms with Crippen molar-refractivity contribution in [3.05, 3.63) is 62.7 Å². The van der Waals surface area contributed by atoms with Crippen LogP contribution in [0.4, 0.5) is 14.5 Å². The van der Waals surface area contributed by atoms with E-state index in [9.17, 15) is 18.4 Å². The number of thiazole rings is 1. The number of halogens is 2. The second kappa shape index (κ2) is 11.5. The number of amides is 1. The third kappa shape index (κ3) is 6.61. The predicted octanol–water partition coefficient (Wildman–Crippen LogP) is 6.29. The van der Waals surface area contributed by atoms with Gasteiger partial charge in [0, 0.05) is 28.8 Å². The molecule has 4 rings (SSSR count). The molecule has 1 saturated carbocycles. The molecule has 0 saturated heterocycles. The van der Waals surface area contributed by atoms with Crippen molar-refractivity contribution in [3.8, 4) is 10.6 Å². The Bertz CT molecular complexity index is 1410. The SMILES string of the molecule is Cn1ncc(NC(=O)c2nc(-c3c(F)cccc3F)sc2CC(=O)OC(C)(C)C)c1C1CCC(N=[N+]=[N-])CC1. The van der Waals surface area contributed by atoms with Crippen LogP contribution in [0.2, 0.25) is 0 Å². The van der Waals surface area contributed by atoms with Crippen molar-refractivity contribution < 1.29 is 23.1 Å². The first kappa shape index (κ1) is 28.2. The fraction of sp³-hybridized carbons (Fsp3) is 0.462. The number of carbonyl (C=O) groups excluding carboxylic acids is 2. The van der Waals surface area contributed by atoms with E-state index in [1.54, 1.807) is 32.5 Å². The summed E-state index contributed by atoms with van der Waals surface area (Å²) in [6.45, 7) is 5.15. The number of benzene rings is 1. The van der Waals surface area contributed by atoms with Gasteiger partial charge in [0.05, 0.1) is 29.6 Å². The highest BCUT2D eigenvalue weighted by Gasteiger charge is 2.29. The molecular weight excluding hydrogens is 528 g/mol. The van der Waals surface area contributed by atoms with Crippen LogP contribution in [0.1, 0.15) is 73.4 Å². The molecule has 3 aromatic rings. The number of aromatic nitrogens is 3. The monoisotopic (exact) mass is 557 g/mol. The van der Waals surface area contributed by atoms with Gasteiger partial charge in [0.1, 0.15) is 27.9 Å². The van der Waals surface area contributed by atoms with E-state index >= 15 is 0 Å². The minimum atomic E-state index is -0.828. The summed E-state index contributed by atoms with van der Waals surface area (Å²) in [4.78, 5) is 33.5. The van der Waals surface area contributed by atoms with Crippen LogP contribution in [0.5, 0.6) is 0 Å². The molecule has 1 aliphatic carbocycles. The Morgan fingerprint density at radius 1 is 1.23 bits per heavy atom. The van der Waals surface area contributed by atoms with Crippen molar-refractivity contribution in [2.24, 2.45) is 12.2 Å². The van der Waals surface area contributed by atoms with Crippen LogP contribution in [0.25, 0.3) is 21.0 Å². The average Bonchev–Trinajstić information content (AvgIpc) is 3.41. The molecule has 206 valence electrons. The van der Waals surface area contributed by atoms with E-state index in [0.29, 0.717) is 5.69 Å². The van der Waals surface area contributed by atoms with Gasteiger partial charge >= 0.3 is 5.97 Å². The van der Waals surface area contributed by atoms with Gasteiger partial charge in [-0.1, -0.05) is 11.2 Å². The minimum absolute atomic E-state index is 0.0554. The van der Waals surface area contributed by atoms with E-state index in [2.05, 4.69) is 25.4 Å². The summed E-state index contributed by atoms with van der Waals surface area (Å²) in [7, 11) is 1.78. The molecule has 39 heavy (non-hydrogen) atoms. The minimum Gasteiger partial charge on any atom is -0.460 e. The second-order valence-corrected chi connectivity index (χ2v) is 11.5. The molecule has 10 nitrogen and oxygen atoms in total. The van der Waals surface area contributed by atoms with Crippen molar-refractivity contribution in [1.82, 2.24) is 14.8 Å². The zero-order valence-electron chi connectivity index (χ0n) is 22.1. The first-order valence-electron chi connectivity index (χ1n) is 12.5. The van der Waals surface area contributed by atoms with Gasteiger partial charge in [-0.05, 0) is 64.1 Å². The summed E-state index contributed by atoms with van der Waals surface area (Å²) in [5, 5.41) is 10.9. The lowest BCUT2D eigenvalue weighted by atomic mass is 9.84. The number of azide groups is 1. The quantitative estimate of drug-likeness (QED) is 0.158. The van der Waals surface area contributed by atoms with Crippen LogP contribution in [0.15, 0.2) is 29.5 Å². The van der Waals surface area contributed by atoms with Gasteiger partial charge in [-0.25, -0.2) is 13.8 Å². The molecule has 13 heteroatoms. The molecule has 2 heterocycles. The fourth-order valence-electron chi connectivity index (χ4n) is 4.71. The number of carbonyl (C=O) groups is 2. The van der Waals surface area contributed by atoms with Crippen LogP contribution >= 0.6 is 11.3 Å². The highest BCUT2D eigenvalue weighted by atomic mass is 32.1. The molecule has 1 aromatic carbocycles. The molecule has 1 aliphatic rings. The maximum Gasteiger partial charge on any atom is 0.311 e. The standard InChI is InChI=1S/C26H29F2N7O3S/c1-26(2,3)38-20(36)12-19-22(32-25(39-19)21-16(27)6-5-7-17(21)28)24(37)31-18-13-30-35(4)23(18)14-8-10-15(11-9-14)33-34-29/h5-7,13-15H,8-12H2,1-4H3,(H,31,37). The molecule has 1 amide bonds. The van der Waals surface area contributed by atoms with Gasteiger partial charge in [-0.2, -0.15) is 5.10 Å². The number of aryl methyl sites for hydroxylation is 1. The number of rotatable bonds is 7. The van der Waals surface area contributed by atoms with Gasteiger partial charge in [0.25, 0.3) is 5.91 Å². The maximum atomic E-state index is 14.5. The Morgan fingerprint density at radius 3 is 2.51 bits per heavy atom. The summed E-state index contributed by atoms with van der Waals surface area (Å²) in [6, 6.07) is 3.39. The second-order valence-electron chi connectivity index (χ2n) is 10.4. The molecule has 1 fully saturated rings. The summed E-state index contributed by atoms with van der Waals surface area (Å²) in [6.07, 6.45) is 4.18. The molecule has 0 unspecified atom stereocenters. The molecule has 0 aliphatic heterocycles. The predicted molar refractivity (Wildman–Crippen MR) is 142 cm³/mol. The van der Waals surface area contributed by atoms with Crippen molar-refractivity contribution in [1.29, 1.82) is 0 Å². The summed E-state index contributed by atoms with van der Waals surface area (Å²) < 4.78 is 36.2. The van der Waals surface area contributed by atoms with Crippen molar-refractivity contribution in [3.63, 3.8) is 0 Å². The van der Waals surface area contributed by atoms with E-state index in [0.717, 1.165) is 54.8 Å². The number of hydrogen-bond acceptors (Lipinski definition) is 7. The van der Waals surface area contributed by atoms with Crippen LogP contribution in [0.3, 0.4) is 0 Å². The molecule has 0 radical (unpaired) electrons. The molecular formula is C26H29F2N7O3S. The number of esters is 1. The molecule has 0 bridgehead atoms. The lowest BCUT2D eigenvalue weighted by Gasteiger charge is -2.26. The largest absolute Gasteiger partial charge is 0.460 e. The van der Waals surface area contributed by atoms with Crippen LogP contribution in [-0.4, -0.2) is 38.3 Å². The zero-order chi connectivity index (χ0) is 28.3. The molecule has 1 N–H and O–H groups in total. The summed E-state index contributed by atoms with van der Waals surface area (Å²) in [5.74, 6) is -2.81. The highest BCUT2D eigenvalue weighted by Crippen LogP contribution is 2.38. The van der Waals surface area contributed by atoms with Gasteiger partial charge in [-0.3, -0.25) is 14.3 Å². The third-order valence-corrected chi connectivity index (χ3v) is 7.42. The molecule has 0 atom stereocenters. The van der Waals surface area contributed by atoms with Gasteiger partial charge in [-0.15, -0.1) is 11.3 Å². The van der Waals surface area contributed by atoms with E-state index in [4.69, 9.17) is 10.3 Å². The number of nitrogens with zero attached hydrogens (tertiary/aromatic N) is 6. The lowest BCUT2D eigenvalue weighted by molar-refractivity contribution is -0.153. The maximum absolute atomic E-state index is 14.5. The first-order chi connectivity index (χ1) is 18.5. The Hall–Kier alpha value is -3.83. The number of nitrogens with one attached hydrogen (secondary N) is 1. The number of hydrogen-bond donors (Lipinski definition) is 1. The zero-order valence-corrected chi connectivity index (χ0v) is 22.9. The molecule has 0 spiro atoms. The number of ether oxygens (including phenoxy) is 1. The Balaban J connectivity index is 1.64. The lowest BCUT2D eigenvalue weighted by Crippen LogP contribution is -2.25. The first-order valence-corrected chi connectivity index (χ1v) is 13.3. The topological polar surface area (TPSA) is 135 Å². The third-order valence-electron chi connectivity index (χ3n) is 6.35. The average molecular weight is 558 g/mol. The fourth-order valence-corrected chi connectivity index (χ4v) is 5.81. The molecule has 2 aromatic heterocycles. The van der Waals surface area contributed by atoms with Crippen molar-refractivity contribution in [2.75, 3.05) is 5.32 Å². The Morgan fingerprint density at radius 2 is 1.90 bits per heavy atom. The van der Waals surface area contributed by atoms with E-state index in [1.807, 2.05) is 0 Å². The van der Waals surface area contributed by atoms with E-state index in [1.165, 1.54) is 12.3 Å². The van der Waals surface area contributed by atoms with Crippen molar-refractivity contribution >= 4 is 28.9 Å². The normalized spacial score (nSPS) is 17.4. The summed E-state index contributed by atoms with van der Waals surface area (Å²) in [5.41, 5.74) is 8.76. The van der Waals surface area contributed by atoms with Crippen LogP contribution < -0.4 is 5.32 Å². The number of anilines is 1. The van der Waals surface area contributed by atoms with Gasteiger partial charge in [0.15, 0.2) is 0 Å². The van der Waals surface area contributed by atoms with Gasteiger partial charge < -0.3 is 10.1 Å². The van der Waals surface area contributed by atoms with Crippen LogP contribution in [-0.2, 0) is 23.0 Å². The Kier molecular flexibility index (Phi) is 8.31. The smallest absolute Gasteiger partial charge is 0.311 e. The van der Waals surface area contributed by atoms with E-state index in [-0.39, 0.29) is 39.5 Å². The highest BCUT2D eigenvalue weighted by molar-refractivity contribution is 7.15. The summed E-state index contributed by atoms with van der Waals surface area (Å²) >= 11 is 0.863.